The Bertz CT molecular complexity index is 559. The molecule has 1 N–H and O–H groups in total. The van der Waals surface area contributed by atoms with E-state index in [1.165, 1.54) is 0 Å². The number of anilines is 2. The lowest BCUT2D eigenvalue weighted by Gasteiger charge is -2.35. The van der Waals surface area contributed by atoms with Crippen LogP contribution in [0.2, 0.25) is 0 Å². The van der Waals surface area contributed by atoms with Gasteiger partial charge in [-0.25, -0.2) is 0 Å². The van der Waals surface area contributed by atoms with E-state index < -0.39 is 0 Å². The number of carbonyl (C=O) groups is 1. The van der Waals surface area contributed by atoms with Gasteiger partial charge in [0.25, 0.3) is 0 Å². The van der Waals surface area contributed by atoms with Crippen molar-refractivity contribution in [3.05, 3.63) is 12.1 Å². The molecule has 0 fully saturated rings. The molecular weight excluding hydrogens is 270 g/mol. The Morgan fingerprint density at radius 3 is 2.62 bits per heavy atom. The van der Waals surface area contributed by atoms with Crippen LogP contribution in [0.4, 0.5) is 11.4 Å². The first-order valence-electron chi connectivity index (χ1n) is 7.22. The molecule has 1 atom stereocenters. The Morgan fingerprint density at radius 2 is 1.95 bits per heavy atom. The van der Waals surface area contributed by atoms with E-state index in [4.69, 9.17) is 9.47 Å². The molecule has 2 aliphatic rings. The molecule has 6 nitrogen and oxygen atoms in total. The minimum absolute atomic E-state index is 0.0843. The highest BCUT2D eigenvalue weighted by molar-refractivity contribution is 6.05. The number of nitrogens with zero attached hydrogens (tertiary/aromatic N) is 2. The van der Waals surface area contributed by atoms with E-state index >= 15 is 0 Å². The summed E-state index contributed by atoms with van der Waals surface area (Å²) >= 11 is 0. The maximum Gasteiger partial charge on any atom is 0.249 e. The number of nitrogens with one attached hydrogen (secondary N) is 1. The van der Waals surface area contributed by atoms with E-state index in [9.17, 15) is 4.79 Å². The number of likely N-dealkylation sites (N-methyl/N-ethyl adjacent to an activating group) is 1. The summed E-state index contributed by atoms with van der Waals surface area (Å²) in [5, 5.41) is 3.24. The van der Waals surface area contributed by atoms with Crippen molar-refractivity contribution in [3.8, 4) is 11.5 Å². The number of rotatable bonds is 3. The molecule has 6 heteroatoms. The number of amides is 1. The average Bonchev–Trinajstić information content (AvgIpc) is 2.46. The quantitative estimate of drug-likeness (QED) is 0.906. The monoisotopic (exact) mass is 291 g/mol. The molecule has 0 aromatic heterocycles. The molecule has 2 heterocycles. The molecule has 1 unspecified atom stereocenters. The Labute approximate surface area is 124 Å². The zero-order valence-corrected chi connectivity index (χ0v) is 12.7. The van der Waals surface area contributed by atoms with Gasteiger partial charge in [0, 0.05) is 25.2 Å². The van der Waals surface area contributed by atoms with Crippen LogP contribution in [0.3, 0.4) is 0 Å². The van der Waals surface area contributed by atoms with Crippen LogP contribution in [-0.4, -0.2) is 57.2 Å². The number of fused-ring (bicyclic) bond motifs is 2. The van der Waals surface area contributed by atoms with E-state index in [0.717, 1.165) is 23.7 Å². The fourth-order valence-electron chi connectivity index (χ4n) is 2.60. The average molecular weight is 291 g/mol. The third-order valence-electron chi connectivity index (χ3n) is 3.73. The molecule has 21 heavy (non-hydrogen) atoms. The fraction of sp³-hybridized carbons (Fsp3) is 0.533. The Morgan fingerprint density at radius 1 is 1.29 bits per heavy atom. The second-order valence-electron chi connectivity index (χ2n) is 5.67. The van der Waals surface area contributed by atoms with Crippen molar-refractivity contribution >= 4 is 17.3 Å². The van der Waals surface area contributed by atoms with Crippen LogP contribution in [0.5, 0.6) is 11.5 Å². The van der Waals surface area contributed by atoms with E-state index in [2.05, 4.69) is 10.2 Å². The normalized spacial score (nSPS) is 20.3. The van der Waals surface area contributed by atoms with E-state index in [0.29, 0.717) is 25.5 Å². The smallest absolute Gasteiger partial charge is 0.249 e. The molecule has 0 spiro atoms. The number of hydrogen-bond donors (Lipinski definition) is 1. The number of ether oxygens (including phenoxy) is 2. The molecule has 0 radical (unpaired) electrons. The lowest BCUT2D eigenvalue weighted by molar-refractivity contribution is -0.119. The highest BCUT2D eigenvalue weighted by Gasteiger charge is 2.31. The number of carbonyl (C=O) groups excluding carboxylic acids is 1. The predicted molar refractivity (Wildman–Crippen MR) is 81.4 cm³/mol. The fourth-order valence-corrected chi connectivity index (χ4v) is 2.60. The van der Waals surface area contributed by atoms with Crippen LogP contribution in [0.25, 0.3) is 0 Å². The minimum atomic E-state index is -0.234. The first-order chi connectivity index (χ1) is 10.1. The molecule has 0 saturated carbocycles. The second-order valence-corrected chi connectivity index (χ2v) is 5.67. The van der Waals surface area contributed by atoms with Gasteiger partial charge >= 0.3 is 0 Å². The van der Waals surface area contributed by atoms with Crippen molar-refractivity contribution in [1.29, 1.82) is 0 Å². The number of benzene rings is 1. The van der Waals surface area contributed by atoms with Gasteiger partial charge in [-0.3, -0.25) is 4.79 Å². The van der Waals surface area contributed by atoms with Gasteiger partial charge in [-0.15, -0.1) is 0 Å². The third kappa shape index (κ3) is 2.63. The number of hydrogen-bond acceptors (Lipinski definition) is 5. The van der Waals surface area contributed by atoms with Gasteiger partial charge in [-0.2, -0.15) is 0 Å². The van der Waals surface area contributed by atoms with Crippen molar-refractivity contribution in [3.63, 3.8) is 0 Å². The first-order valence-corrected chi connectivity index (χ1v) is 7.22. The van der Waals surface area contributed by atoms with Gasteiger partial charge in [0.2, 0.25) is 5.91 Å². The molecule has 1 aromatic rings. The Hall–Kier alpha value is -1.95. The van der Waals surface area contributed by atoms with E-state index in [1.807, 2.05) is 38.1 Å². The van der Waals surface area contributed by atoms with Crippen LogP contribution in [-0.2, 0) is 4.79 Å². The van der Waals surface area contributed by atoms with Gasteiger partial charge in [-0.05, 0) is 21.0 Å². The van der Waals surface area contributed by atoms with Gasteiger partial charge < -0.3 is 24.6 Å². The highest BCUT2D eigenvalue weighted by Crippen LogP contribution is 2.42. The molecular formula is C15H21N3O3. The van der Waals surface area contributed by atoms with Crippen LogP contribution >= 0.6 is 0 Å². The zero-order valence-electron chi connectivity index (χ0n) is 12.7. The van der Waals surface area contributed by atoms with Crippen molar-refractivity contribution in [2.24, 2.45) is 0 Å². The molecule has 1 amide bonds. The van der Waals surface area contributed by atoms with Crippen molar-refractivity contribution < 1.29 is 14.3 Å². The van der Waals surface area contributed by atoms with Crippen LogP contribution in [0.15, 0.2) is 12.1 Å². The van der Waals surface area contributed by atoms with Gasteiger partial charge in [-0.1, -0.05) is 0 Å². The van der Waals surface area contributed by atoms with Crippen molar-refractivity contribution in [2.45, 2.75) is 13.0 Å². The molecule has 2 aliphatic heterocycles. The van der Waals surface area contributed by atoms with Crippen LogP contribution in [0.1, 0.15) is 6.92 Å². The van der Waals surface area contributed by atoms with Crippen molar-refractivity contribution in [1.82, 2.24) is 4.90 Å². The van der Waals surface area contributed by atoms with Crippen LogP contribution in [0, 0.1) is 0 Å². The zero-order chi connectivity index (χ0) is 15.0. The summed E-state index contributed by atoms with van der Waals surface area (Å²) in [5.41, 5.74) is 1.79. The van der Waals surface area contributed by atoms with Crippen LogP contribution < -0.4 is 19.7 Å². The largest absolute Gasteiger partial charge is 0.486 e. The summed E-state index contributed by atoms with van der Waals surface area (Å²) in [5.74, 6) is 1.53. The summed E-state index contributed by atoms with van der Waals surface area (Å²) < 4.78 is 11.2. The predicted octanol–water partition coefficient (Wildman–Crippen LogP) is 1.17. The Balaban J connectivity index is 1.96. The molecule has 0 aliphatic carbocycles. The van der Waals surface area contributed by atoms with E-state index in [-0.39, 0.29) is 11.9 Å². The third-order valence-corrected chi connectivity index (χ3v) is 3.73. The van der Waals surface area contributed by atoms with Gasteiger partial charge in [0.1, 0.15) is 19.3 Å². The van der Waals surface area contributed by atoms with Gasteiger partial charge in [0.05, 0.1) is 11.4 Å². The molecule has 1 aromatic carbocycles. The van der Waals surface area contributed by atoms with E-state index in [1.54, 1.807) is 0 Å². The SMILES string of the molecule is CC1Nc2cc3c(cc2N(CCN(C)C)C1=O)OCCO3. The first kappa shape index (κ1) is 14.0. The van der Waals surface area contributed by atoms with Crippen molar-refractivity contribution in [2.75, 3.05) is 50.6 Å². The maximum absolute atomic E-state index is 12.4. The lowest BCUT2D eigenvalue weighted by atomic mass is 10.1. The van der Waals surface area contributed by atoms with Gasteiger partial charge in [0.15, 0.2) is 11.5 Å². The molecule has 3 rings (SSSR count). The molecule has 114 valence electrons. The standard InChI is InChI=1S/C15H21N3O3/c1-10-15(19)18(5-4-17(2)3)12-9-14-13(8-11(12)16-10)20-6-7-21-14/h8-10,16H,4-7H2,1-3H3. The summed E-state index contributed by atoms with van der Waals surface area (Å²) in [6.07, 6.45) is 0. The summed E-state index contributed by atoms with van der Waals surface area (Å²) in [4.78, 5) is 16.3. The highest BCUT2D eigenvalue weighted by atomic mass is 16.6. The topological polar surface area (TPSA) is 54.0 Å². The molecule has 0 saturated heterocycles. The summed E-state index contributed by atoms with van der Waals surface area (Å²) in [7, 11) is 4.00. The summed E-state index contributed by atoms with van der Waals surface area (Å²) in [6.45, 7) is 4.45. The molecule has 0 bridgehead atoms. The summed E-state index contributed by atoms with van der Waals surface area (Å²) in [6, 6.07) is 3.59. The Kier molecular flexibility index (Phi) is 3.63. The minimum Gasteiger partial charge on any atom is -0.486 e. The lowest BCUT2D eigenvalue weighted by Crippen LogP contribution is -2.48. The second kappa shape index (κ2) is 5.44. The maximum atomic E-state index is 12.4.